The van der Waals surface area contributed by atoms with Gasteiger partial charge in [0.15, 0.2) is 0 Å². The van der Waals surface area contributed by atoms with Gasteiger partial charge >= 0.3 is 6.03 Å². The summed E-state index contributed by atoms with van der Waals surface area (Å²) in [4.78, 5) is 11.3. The van der Waals surface area contributed by atoms with Gasteiger partial charge in [0.25, 0.3) is 0 Å². The molecule has 0 aromatic carbocycles. The van der Waals surface area contributed by atoms with Gasteiger partial charge in [-0.3, -0.25) is 10.3 Å². The lowest BCUT2D eigenvalue weighted by atomic mass is 10.6. The highest BCUT2D eigenvalue weighted by Gasteiger charge is 2.09. The first-order valence-corrected chi connectivity index (χ1v) is 3.95. The molecule has 0 aliphatic heterocycles. The minimum atomic E-state index is -0.473. The first-order valence-electron chi connectivity index (χ1n) is 3.95. The zero-order valence-corrected chi connectivity index (χ0v) is 7.69. The van der Waals surface area contributed by atoms with E-state index in [4.69, 9.17) is 5.84 Å². The monoisotopic (exact) mass is 200 g/mol. The molecule has 0 unspecified atom stereocenters. The molecule has 0 radical (unpaired) electrons. The Hall–Kier alpha value is -1.74. The van der Waals surface area contributed by atoms with Crippen LogP contribution in [0.15, 0.2) is 0 Å². The fraction of sp³-hybridized carbons (Fsp3) is 0.600. The van der Waals surface area contributed by atoms with E-state index < -0.39 is 6.03 Å². The summed E-state index contributed by atoms with van der Waals surface area (Å²) in [5.41, 5.74) is 0. The maximum atomic E-state index is 11.3. The molecule has 0 saturated heterocycles. The average molecular weight is 200 g/mol. The van der Waals surface area contributed by atoms with Crippen LogP contribution in [0.3, 0.4) is 0 Å². The number of rotatable bonds is 4. The van der Waals surface area contributed by atoms with Gasteiger partial charge < -0.3 is 5.32 Å². The third-order valence-corrected chi connectivity index (χ3v) is 1.43. The highest BCUT2D eigenvalue weighted by atomic mass is 16.2. The fourth-order valence-corrected chi connectivity index (χ4v) is 0.719. The molecule has 0 spiro atoms. The zero-order chi connectivity index (χ0) is 10.4. The molecule has 1 aromatic rings. The quantitative estimate of drug-likeness (QED) is 0.256. The topological polar surface area (TPSA) is 125 Å². The lowest BCUT2D eigenvalue weighted by Crippen LogP contribution is -2.44. The maximum absolute atomic E-state index is 11.3. The number of hydrogen-bond donors (Lipinski definition) is 4. The fourth-order valence-electron chi connectivity index (χ4n) is 0.719. The summed E-state index contributed by atoms with van der Waals surface area (Å²) in [6, 6.07) is -0.473. The number of tetrazole rings is 1. The van der Waals surface area contributed by atoms with Gasteiger partial charge in [0, 0.05) is 6.54 Å². The minimum absolute atomic E-state index is 0.162. The van der Waals surface area contributed by atoms with Crippen LogP contribution in [-0.4, -0.2) is 51.8 Å². The number of aromatic amines is 1. The minimum Gasteiger partial charge on any atom is -0.318 e. The zero-order valence-electron chi connectivity index (χ0n) is 7.69. The van der Waals surface area contributed by atoms with E-state index in [2.05, 4.69) is 31.3 Å². The summed E-state index contributed by atoms with van der Waals surface area (Å²) in [7, 11) is 1.77. The van der Waals surface area contributed by atoms with Crippen molar-refractivity contribution in [3.05, 3.63) is 0 Å². The number of hydrogen-bond acceptors (Lipinski definition) is 6. The SMILES string of the molecule is CNCCN(N)C(=O)Nc1nnn[nH]1. The molecule has 1 rings (SSSR count). The summed E-state index contributed by atoms with van der Waals surface area (Å²) in [5, 5.41) is 18.7. The third-order valence-electron chi connectivity index (χ3n) is 1.43. The Morgan fingerprint density at radius 3 is 3.07 bits per heavy atom. The van der Waals surface area contributed by atoms with Crippen LogP contribution >= 0.6 is 0 Å². The van der Waals surface area contributed by atoms with Gasteiger partial charge in [0.2, 0.25) is 5.95 Å². The normalized spacial score (nSPS) is 9.86. The van der Waals surface area contributed by atoms with E-state index in [1.807, 2.05) is 0 Å². The van der Waals surface area contributed by atoms with Crippen LogP contribution in [0.4, 0.5) is 10.7 Å². The van der Waals surface area contributed by atoms with Crippen LogP contribution in [0.2, 0.25) is 0 Å². The molecule has 0 bridgehead atoms. The summed E-state index contributed by atoms with van der Waals surface area (Å²) >= 11 is 0. The molecule has 0 aliphatic carbocycles. The molecule has 1 aromatic heterocycles. The molecular weight excluding hydrogens is 188 g/mol. The Labute approximate surface area is 80.0 Å². The number of anilines is 1. The van der Waals surface area contributed by atoms with E-state index in [0.29, 0.717) is 13.1 Å². The molecule has 5 N–H and O–H groups in total. The van der Waals surface area contributed by atoms with Crippen molar-refractivity contribution in [1.29, 1.82) is 0 Å². The molecule has 9 heteroatoms. The second kappa shape index (κ2) is 5.09. The summed E-state index contributed by atoms with van der Waals surface area (Å²) in [5.74, 6) is 5.58. The molecule has 2 amide bonds. The largest absolute Gasteiger partial charge is 0.338 e. The van der Waals surface area contributed by atoms with E-state index in [1.165, 1.54) is 0 Å². The van der Waals surface area contributed by atoms with Crippen molar-refractivity contribution in [2.75, 3.05) is 25.5 Å². The summed E-state index contributed by atoms with van der Waals surface area (Å²) in [6.45, 7) is 1.00. The number of H-pyrrole nitrogens is 1. The molecule has 0 atom stereocenters. The molecule has 9 nitrogen and oxygen atoms in total. The number of aromatic nitrogens is 4. The first kappa shape index (κ1) is 10.3. The molecule has 0 saturated carbocycles. The van der Waals surface area contributed by atoms with E-state index in [9.17, 15) is 4.79 Å². The number of nitrogens with two attached hydrogens (primary N) is 1. The molecule has 14 heavy (non-hydrogen) atoms. The van der Waals surface area contributed by atoms with Crippen molar-refractivity contribution >= 4 is 12.0 Å². The number of nitrogens with zero attached hydrogens (tertiary/aromatic N) is 4. The van der Waals surface area contributed by atoms with Gasteiger partial charge in [-0.05, 0) is 17.5 Å². The number of carbonyl (C=O) groups is 1. The predicted molar refractivity (Wildman–Crippen MR) is 48.0 cm³/mol. The molecule has 1 heterocycles. The Morgan fingerprint density at radius 2 is 2.50 bits per heavy atom. The number of hydrazine groups is 1. The van der Waals surface area contributed by atoms with Crippen molar-refractivity contribution in [2.45, 2.75) is 0 Å². The van der Waals surface area contributed by atoms with Crippen LogP contribution in [0, 0.1) is 0 Å². The maximum Gasteiger partial charge on any atom is 0.338 e. The van der Waals surface area contributed by atoms with Gasteiger partial charge in [-0.25, -0.2) is 15.7 Å². The summed E-state index contributed by atoms with van der Waals surface area (Å²) < 4.78 is 0. The van der Waals surface area contributed by atoms with Gasteiger partial charge in [-0.15, -0.1) is 0 Å². The van der Waals surface area contributed by atoms with Crippen molar-refractivity contribution in [2.24, 2.45) is 5.84 Å². The van der Waals surface area contributed by atoms with Crippen LogP contribution in [-0.2, 0) is 0 Å². The second-order valence-corrected chi connectivity index (χ2v) is 2.48. The van der Waals surface area contributed by atoms with Gasteiger partial charge in [0.1, 0.15) is 0 Å². The number of nitrogens with one attached hydrogen (secondary N) is 3. The highest BCUT2D eigenvalue weighted by molar-refractivity contribution is 5.86. The van der Waals surface area contributed by atoms with Crippen LogP contribution in [0.5, 0.6) is 0 Å². The first-order chi connectivity index (χ1) is 6.74. The third kappa shape index (κ3) is 2.95. The molecule has 78 valence electrons. The van der Waals surface area contributed by atoms with Gasteiger partial charge in [-0.1, -0.05) is 5.10 Å². The Bertz CT molecular complexity index is 271. The Balaban J connectivity index is 2.34. The van der Waals surface area contributed by atoms with E-state index in [1.54, 1.807) is 7.05 Å². The van der Waals surface area contributed by atoms with Gasteiger partial charge in [-0.2, -0.15) is 0 Å². The smallest absolute Gasteiger partial charge is 0.318 e. The summed E-state index contributed by atoms with van der Waals surface area (Å²) in [6.07, 6.45) is 0. The molecule has 0 fully saturated rings. The van der Waals surface area contributed by atoms with Crippen molar-refractivity contribution in [1.82, 2.24) is 30.9 Å². The van der Waals surface area contributed by atoms with Crippen molar-refractivity contribution in [3.8, 4) is 0 Å². The lowest BCUT2D eigenvalue weighted by molar-refractivity contribution is 0.213. The number of carbonyl (C=O) groups excluding carboxylic acids is 1. The number of urea groups is 1. The van der Waals surface area contributed by atoms with Crippen molar-refractivity contribution < 1.29 is 4.79 Å². The average Bonchev–Trinajstić information content (AvgIpc) is 2.66. The Kier molecular flexibility index (Phi) is 3.76. The lowest BCUT2D eigenvalue weighted by Gasteiger charge is -2.15. The van der Waals surface area contributed by atoms with E-state index in [-0.39, 0.29) is 5.95 Å². The predicted octanol–water partition coefficient (Wildman–Crippen LogP) is -1.87. The molecular formula is C5H12N8O. The highest BCUT2D eigenvalue weighted by Crippen LogP contribution is 1.92. The van der Waals surface area contributed by atoms with Crippen LogP contribution in [0.25, 0.3) is 0 Å². The van der Waals surface area contributed by atoms with E-state index in [0.717, 1.165) is 5.01 Å². The standard InChI is InChI=1S/C5H12N8O/c1-7-2-3-13(6)5(14)8-4-9-11-12-10-4/h7H,2-3,6H2,1H3,(H2,8,9,10,11,12,14). The van der Waals surface area contributed by atoms with E-state index >= 15 is 0 Å². The number of likely N-dealkylation sites (N-methyl/N-ethyl adjacent to an activating group) is 1. The van der Waals surface area contributed by atoms with Gasteiger partial charge in [0.05, 0.1) is 6.54 Å². The van der Waals surface area contributed by atoms with Crippen LogP contribution in [0.1, 0.15) is 0 Å². The molecule has 0 aliphatic rings. The van der Waals surface area contributed by atoms with Crippen molar-refractivity contribution in [3.63, 3.8) is 0 Å². The number of amides is 2. The second-order valence-electron chi connectivity index (χ2n) is 2.48. The Morgan fingerprint density at radius 1 is 1.71 bits per heavy atom. The van der Waals surface area contributed by atoms with Crippen LogP contribution < -0.4 is 16.5 Å².